The summed E-state index contributed by atoms with van der Waals surface area (Å²) in [7, 11) is -3.75. The Hall–Kier alpha value is -1.62. The number of benzene rings is 1. The molecule has 0 unspecified atom stereocenters. The molecule has 4 N–H and O–H groups in total. The number of carbonyl (C=O) groups excluding carboxylic acids is 1. The van der Waals surface area contributed by atoms with Crippen LogP contribution in [-0.2, 0) is 15.0 Å². The number of anilines is 1. The van der Waals surface area contributed by atoms with Crippen molar-refractivity contribution >= 4 is 21.8 Å². The highest BCUT2D eigenvalue weighted by atomic mass is 32.2. The summed E-state index contributed by atoms with van der Waals surface area (Å²) in [6.07, 6.45) is 1.61. The molecule has 1 amide bonds. The highest BCUT2D eigenvalue weighted by molar-refractivity contribution is 7.87. The molecule has 0 aromatic heterocycles. The number of nitrogens with two attached hydrogens (primary N) is 1. The third-order valence-corrected chi connectivity index (χ3v) is 4.81. The van der Waals surface area contributed by atoms with E-state index in [2.05, 4.69) is 10.0 Å². The van der Waals surface area contributed by atoms with Crippen molar-refractivity contribution in [2.45, 2.75) is 25.8 Å². The fourth-order valence-corrected chi connectivity index (χ4v) is 3.31. The predicted molar refractivity (Wildman–Crippen MR) is 89.9 cm³/mol. The third-order valence-electron chi connectivity index (χ3n) is 4.24. The molecule has 140 valence electrons. The zero-order chi connectivity index (χ0) is 18.6. The van der Waals surface area contributed by atoms with Crippen molar-refractivity contribution in [3.63, 3.8) is 0 Å². The Bertz CT molecular complexity index is 729. The number of likely N-dealkylation sites (tertiary alicyclic amines) is 1. The second-order valence-corrected chi connectivity index (χ2v) is 7.56. The maximum absolute atomic E-state index is 13.6. The largest absolute Gasteiger partial charge is 0.322 e. The van der Waals surface area contributed by atoms with Gasteiger partial charge in [0.1, 0.15) is 11.6 Å². The van der Waals surface area contributed by atoms with Gasteiger partial charge < -0.3 is 5.32 Å². The quantitative estimate of drug-likeness (QED) is 0.683. The van der Waals surface area contributed by atoms with Gasteiger partial charge in [-0.1, -0.05) is 0 Å². The van der Waals surface area contributed by atoms with Crippen LogP contribution < -0.4 is 15.2 Å². The molecule has 2 rings (SSSR count). The third kappa shape index (κ3) is 5.99. The fourth-order valence-electron chi connectivity index (χ4n) is 2.85. The monoisotopic (exact) mass is 376 g/mol. The van der Waals surface area contributed by atoms with Crippen LogP contribution in [-0.4, -0.2) is 44.9 Å². The lowest BCUT2D eigenvalue weighted by Crippen LogP contribution is -2.49. The van der Waals surface area contributed by atoms with E-state index in [0.29, 0.717) is 13.1 Å². The molecule has 25 heavy (non-hydrogen) atoms. The molecule has 1 fully saturated rings. The predicted octanol–water partition coefficient (Wildman–Crippen LogP) is 0.797. The fraction of sp³-hybridized carbons (Fsp3) is 0.533. The first-order valence-electron chi connectivity index (χ1n) is 7.93. The highest BCUT2D eigenvalue weighted by Gasteiger charge is 2.28. The van der Waals surface area contributed by atoms with Crippen LogP contribution in [0.15, 0.2) is 18.2 Å². The summed E-state index contributed by atoms with van der Waals surface area (Å²) in [5.74, 6) is -1.79. The zero-order valence-electron chi connectivity index (χ0n) is 13.8. The molecule has 1 aliphatic heterocycles. The molecule has 1 saturated heterocycles. The van der Waals surface area contributed by atoms with Crippen LogP contribution in [0.2, 0.25) is 0 Å². The Kier molecular flexibility index (Phi) is 6.44. The Balaban J connectivity index is 1.95. The average Bonchev–Trinajstić information content (AvgIpc) is 2.55. The van der Waals surface area contributed by atoms with E-state index >= 15 is 0 Å². The van der Waals surface area contributed by atoms with Crippen molar-refractivity contribution in [1.29, 1.82) is 0 Å². The van der Waals surface area contributed by atoms with Crippen LogP contribution in [0, 0.1) is 17.6 Å². The number of nitrogens with one attached hydrogen (secondary N) is 2. The summed E-state index contributed by atoms with van der Waals surface area (Å²) in [6, 6.07) is 2.28. The summed E-state index contributed by atoms with van der Waals surface area (Å²) in [5, 5.41) is 7.32. The van der Waals surface area contributed by atoms with Crippen molar-refractivity contribution in [2.75, 3.05) is 25.0 Å². The van der Waals surface area contributed by atoms with Gasteiger partial charge >= 0.3 is 0 Å². The van der Waals surface area contributed by atoms with Crippen molar-refractivity contribution in [3.8, 4) is 0 Å². The first-order chi connectivity index (χ1) is 11.7. The first-order valence-corrected chi connectivity index (χ1v) is 9.47. The van der Waals surface area contributed by atoms with E-state index in [4.69, 9.17) is 5.14 Å². The highest BCUT2D eigenvalue weighted by Crippen LogP contribution is 2.20. The minimum absolute atomic E-state index is 0.0215. The SMILES string of the molecule is C[C@H](C(=O)Nc1cc(F)ccc1F)N1CCC[C@@H](CNS(N)(=O)=O)C1. The number of piperidine rings is 1. The average molecular weight is 376 g/mol. The Morgan fingerprint density at radius 3 is 2.84 bits per heavy atom. The summed E-state index contributed by atoms with van der Waals surface area (Å²) < 4.78 is 51.1. The van der Waals surface area contributed by atoms with Gasteiger partial charge in [0, 0.05) is 19.2 Å². The summed E-state index contributed by atoms with van der Waals surface area (Å²) in [5.41, 5.74) is -0.207. The summed E-state index contributed by atoms with van der Waals surface area (Å²) >= 11 is 0. The van der Waals surface area contributed by atoms with Crippen molar-refractivity contribution in [2.24, 2.45) is 11.1 Å². The molecule has 1 aromatic rings. The van der Waals surface area contributed by atoms with E-state index in [9.17, 15) is 22.0 Å². The number of carbonyl (C=O) groups is 1. The Morgan fingerprint density at radius 2 is 2.16 bits per heavy atom. The van der Waals surface area contributed by atoms with Crippen molar-refractivity contribution in [3.05, 3.63) is 29.8 Å². The van der Waals surface area contributed by atoms with Crippen LogP contribution in [0.4, 0.5) is 14.5 Å². The molecule has 1 aromatic carbocycles. The molecule has 1 heterocycles. The Morgan fingerprint density at radius 1 is 1.44 bits per heavy atom. The van der Waals surface area contributed by atoms with E-state index in [1.54, 1.807) is 6.92 Å². The maximum atomic E-state index is 13.6. The van der Waals surface area contributed by atoms with Crippen LogP contribution in [0.25, 0.3) is 0 Å². The van der Waals surface area contributed by atoms with E-state index in [1.165, 1.54) is 0 Å². The second kappa shape index (κ2) is 8.17. The number of amides is 1. The molecule has 0 radical (unpaired) electrons. The van der Waals surface area contributed by atoms with Crippen LogP contribution in [0.3, 0.4) is 0 Å². The number of halogens is 2. The lowest BCUT2D eigenvalue weighted by molar-refractivity contribution is -0.121. The lowest BCUT2D eigenvalue weighted by Gasteiger charge is -2.36. The molecule has 2 atom stereocenters. The maximum Gasteiger partial charge on any atom is 0.274 e. The van der Waals surface area contributed by atoms with Gasteiger partial charge in [-0.25, -0.2) is 18.6 Å². The molecule has 0 bridgehead atoms. The summed E-state index contributed by atoms with van der Waals surface area (Å²) in [6.45, 7) is 3.03. The van der Waals surface area contributed by atoms with Gasteiger partial charge in [0.15, 0.2) is 0 Å². The molecule has 0 saturated carbocycles. The standard InChI is InChI=1S/C15H22F2N4O3S/c1-10(15(22)20-14-7-12(16)4-5-13(14)17)21-6-2-3-11(9-21)8-19-25(18,23)24/h4-5,7,10-11,19H,2-3,6,8-9H2,1H3,(H,20,22)(H2,18,23,24)/t10-,11+/m1/s1. The number of rotatable bonds is 6. The number of nitrogens with zero attached hydrogens (tertiary/aromatic N) is 1. The molecule has 7 nitrogen and oxygen atoms in total. The van der Waals surface area contributed by atoms with E-state index < -0.39 is 33.8 Å². The number of hydrogen-bond donors (Lipinski definition) is 3. The molecular weight excluding hydrogens is 354 g/mol. The molecule has 10 heteroatoms. The molecule has 1 aliphatic rings. The smallest absolute Gasteiger partial charge is 0.274 e. The number of hydrogen-bond acceptors (Lipinski definition) is 4. The van der Waals surface area contributed by atoms with Gasteiger partial charge in [-0.2, -0.15) is 8.42 Å². The second-order valence-electron chi connectivity index (χ2n) is 6.19. The zero-order valence-corrected chi connectivity index (χ0v) is 14.7. The van der Waals surface area contributed by atoms with Gasteiger partial charge in [-0.3, -0.25) is 9.69 Å². The van der Waals surface area contributed by atoms with E-state index in [0.717, 1.165) is 31.0 Å². The molecule has 0 aliphatic carbocycles. The van der Waals surface area contributed by atoms with Gasteiger partial charge in [0.05, 0.1) is 11.7 Å². The Labute approximate surface area is 145 Å². The van der Waals surface area contributed by atoms with Gasteiger partial charge in [0.2, 0.25) is 5.91 Å². The minimum atomic E-state index is -3.75. The van der Waals surface area contributed by atoms with Gasteiger partial charge in [0.25, 0.3) is 10.2 Å². The van der Waals surface area contributed by atoms with Gasteiger partial charge in [-0.05, 0) is 44.4 Å². The van der Waals surface area contributed by atoms with Crippen molar-refractivity contribution < 1.29 is 22.0 Å². The van der Waals surface area contributed by atoms with E-state index in [-0.39, 0.29) is 18.2 Å². The van der Waals surface area contributed by atoms with E-state index in [1.807, 2.05) is 4.90 Å². The van der Waals surface area contributed by atoms with Crippen LogP contribution in [0.1, 0.15) is 19.8 Å². The molecular formula is C15H22F2N4O3S. The van der Waals surface area contributed by atoms with Gasteiger partial charge in [-0.15, -0.1) is 0 Å². The molecule has 0 spiro atoms. The normalized spacial score (nSPS) is 20.2. The topological polar surface area (TPSA) is 105 Å². The van der Waals surface area contributed by atoms with Crippen LogP contribution >= 0.6 is 0 Å². The minimum Gasteiger partial charge on any atom is -0.322 e. The lowest BCUT2D eigenvalue weighted by atomic mass is 9.97. The van der Waals surface area contributed by atoms with Crippen molar-refractivity contribution in [1.82, 2.24) is 9.62 Å². The summed E-state index contributed by atoms with van der Waals surface area (Å²) in [4.78, 5) is 14.2. The van der Waals surface area contributed by atoms with Crippen LogP contribution in [0.5, 0.6) is 0 Å². The first kappa shape index (κ1) is 19.7.